The van der Waals surface area contributed by atoms with Gasteiger partial charge in [0.15, 0.2) is 9.84 Å². The van der Waals surface area contributed by atoms with Crippen LogP contribution >= 0.6 is 11.6 Å². The van der Waals surface area contributed by atoms with Crippen LogP contribution in [0.4, 0.5) is 0 Å². The standard InChI is InChI=1S/C18H15ClO4S/c1-11-16(12-6-8-15(9-7-12)24(2,21)22)17(18(20)23-11)13-4-3-5-14(19)10-13/h3-11H,1-2H3. The highest BCUT2D eigenvalue weighted by Gasteiger charge is 2.33. The number of rotatable bonds is 3. The Hall–Kier alpha value is -2.11. The first-order valence-corrected chi connectivity index (χ1v) is 9.56. The van der Waals surface area contributed by atoms with Gasteiger partial charge in [-0.1, -0.05) is 35.9 Å². The first-order chi connectivity index (χ1) is 11.3. The van der Waals surface area contributed by atoms with E-state index in [0.29, 0.717) is 16.2 Å². The molecule has 0 aromatic heterocycles. The van der Waals surface area contributed by atoms with Crippen LogP contribution < -0.4 is 0 Å². The van der Waals surface area contributed by atoms with Crippen LogP contribution in [0.5, 0.6) is 0 Å². The van der Waals surface area contributed by atoms with Gasteiger partial charge in [-0.25, -0.2) is 13.2 Å². The number of hydrogen-bond donors (Lipinski definition) is 0. The second-order valence-corrected chi connectivity index (χ2v) is 8.10. The van der Waals surface area contributed by atoms with Gasteiger partial charge in [-0.3, -0.25) is 0 Å². The van der Waals surface area contributed by atoms with Crippen molar-refractivity contribution in [3.8, 4) is 0 Å². The number of carbonyl (C=O) groups excluding carboxylic acids is 1. The van der Waals surface area contributed by atoms with Crippen molar-refractivity contribution >= 4 is 38.6 Å². The van der Waals surface area contributed by atoms with Crippen molar-refractivity contribution in [1.29, 1.82) is 0 Å². The van der Waals surface area contributed by atoms with E-state index in [1.54, 1.807) is 43.3 Å². The van der Waals surface area contributed by atoms with E-state index in [4.69, 9.17) is 16.3 Å². The second kappa shape index (κ2) is 6.07. The summed E-state index contributed by atoms with van der Waals surface area (Å²) in [4.78, 5) is 12.5. The fourth-order valence-corrected chi connectivity index (χ4v) is 3.59. The van der Waals surface area contributed by atoms with Crippen molar-refractivity contribution < 1.29 is 17.9 Å². The highest BCUT2D eigenvalue weighted by atomic mass is 35.5. The van der Waals surface area contributed by atoms with Crippen molar-refractivity contribution in [1.82, 2.24) is 0 Å². The molecule has 0 saturated heterocycles. The summed E-state index contributed by atoms with van der Waals surface area (Å²) in [5.41, 5.74) is 2.61. The molecular formula is C18H15ClO4S. The number of esters is 1. The molecule has 1 aliphatic heterocycles. The Morgan fingerprint density at radius 1 is 1.04 bits per heavy atom. The molecule has 0 N–H and O–H groups in total. The van der Waals surface area contributed by atoms with E-state index in [1.165, 1.54) is 12.1 Å². The number of ether oxygens (including phenoxy) is 1. The molecule has 1 heterocycles. The van der Waals surface area contributed by atoms with Crippen molar-refractivity contribution in [2.45, 2.75) is 17.9 Å². The van der Waals surface area contributed by atoms with Crippen LogP contribution in [0, 0.1) is 0 Å². The molecule has 0 aliphatic carbocycles. The Labute approximate surface area is 145 Å². The summed E-state index contributed by atoms with van der Waals surface area (Å²) in [6.45, 7) is 1.79. The van der Waals surface area contributed by atoms with E-state index in [2.05, 4.69) is 0 Å². The number of halogens is 1. The second-order valence-electron chi connectivity index (χ2n) is 5.64. The lowest BCUT2D eigenvalue weighted by atomic mass is 9.93. The number of hydrogen-bond acceptors (Lipinski definition) is 4. The summed E-state index contributed by atoms with van der Waals surface area (Å²) in [5, 5.41) is 0.527. The van der Waals surface area contributed by atoms with Gasteiger partial charge < -0.3 is 4.74 Å². The smallest absolute Gasteiger partial charge is 0.339 e. The summed E-state index contributed by atoms with van der Waals surface area (Å²) in [5.74, 6) is -0.410. The maximum absolute atomic E-state index is 12.3. The van der Waals surface area contributed by atoms with E-state index in [1.807, 2.05) is 0 Å². The third-order valence-corrected chi connectivity index (χ3v) is 5.23. The summed E-state index contributed by atoms with van der Waals surface area (Å²) < 4.78 is 28.6. The zero-order chi connectivity index (χ0) is 17.5. The monoisotopic (exact) mass is 362 g/mol. The lowest BCUT2D eigenvalue weighted by molar-refractivity contribution is -0.136. The number of sulfone groups is 1. The van der Waals surface area contributed by atoms with Crippen molar-refractivity contribution in [3.63, 3.8) is 0 Å². The predicted molar refractivity (Wildman–Crippen MR) is 93.4 cm³/mol. The lowest BCUT2D eigenvalue weighted by Gasteiger charge is -2.10. The molecule has 0 amide bonds. The predicted octanol–water partition coefficient (Wildman–Crippen LogP) is 3.60. The van der Waals surface area contributed by atoms with Gasteiger partial charge in [0.2, 0.25) is 0 Å². The summed E-state index contributed by atoms with van der Waals surface area (Å²) >= 11 is 6.03. The zero-order valence-corrected chi connectivity index (χ0v) is 14.7. The Morgan fingerprint density at radius 3 is 2.29 bits per heavy atom. The van der Waals surface area contributed by atoms with Crippen LogP contribution in [0.25, 0.3) is 11.1 Å². The average molecular weight is 363 g/mol. The van der Waals surface area contributed by atoms with Gasteiger partial charge in [0, 0.05) is 16.9 Å². The Bertz CT molecular complexity index is 943. The number of cyclic esters (lactones) is 1. The number of carbonyl (C=O) groups is 1. The first kappa shape index (κ1) is 16.7. The molecule has 0 bridgehead atoms. The molecule has 1 unspecified atom stereocenters. The summed E-state index contributed by atoms with van der Waals surface area (Å²) in [6.07, 6.45) is 0.735. The Morgan fingerprint density at radius 2 is 1.71 bits per heavy atom. The SMILES string of the molecule is CC1OC(=O)C(c2cccc(Cl)c2)=C1c1ccc(S(C)(=O)=O)cc1. The van der Waals surface area contributed by atoms with E-state index in [9.17, 15) is 13.2 Å². The molecule has 24 heavy (non-hydrogen) atoms. The Balaban J connectivity index is 2.16. The van der Waals surface area contributed by atoms with Gasteiger partial charge >= 0.3 is 5.97 Å². The minimum Gasteiger partial charge on any atom is -0.454 e. The van der Waals surface area contributed by atoms with E-state index < -0.39 is 21.9 Å². The average Bonchev–Trinajstić information content (AvgIpc) is 2.81. The quantitative estimate of drug-likeness (QED) is 0.783. The Kier molecular flexibility index (Phi) is 4.24. The highest BCUT2D eigenvalue weighted by molar-refractivity contribution is 7.90. The fourth-order valence-electron chi connectivity index (χ4n) is 2.77. The highest BCUT2D eigenvalue weighted by Crippen LogP contribution is 2.38. The molecule has 6 heteroatoms. The van der Waals surface area contributed by atoms with Gasteiger partial charge in [0.1, 0.15) is 6.10 Å². The maximum Gasteiger partial charge on any atom is 0.339 e. The van der Waals surface area contributed by atoms with Crippen molar-refractivity contribution in [3.05, 3.63) is 64.7 Å². The van der Waals surface area contributed by atoms with Crippen LogP contribution in [-0.2, 0) is 19.4 Å². The molecule has 1 aliphatic rings. The van der Waals surface area contributed by atoms with Crippen LogP contribution in [-0.4, -0.2) is 26.7 Å². The van der Waals surface area contributed by atoms with Gasteiger partial charge in [-0.15, -0.1) is 0 Å². The van der Waals surface area contributed by atoms with Gasteiger partial charge in [-0.2, -0.15) is 0 Å². The topological polar surface area (TPSA) is 60.4 Å². The van der Waals surface area contributed by atoms with Crippen molar-refractivity contribution in [2.75, 3.05) is 6.26 Å². The van der Waals surface area contributed by atoms with E-state index >= 15 is 0 Å². The molecule has 4 nitrogen and oxygen atoms in total. The normalized spacial score (nSPS) is 18.0. The van der Waals surface area contributed by atoms with Gasteiger partial charge in [-0.05, 0) is 42.3 Å². The largest absolute Gasteiger partial charge is 0.454 e. The molecule has 0 radical (unpaired) electrons. The lowest BCUT2D eigenvalue weighted by Crippen LogP contribution is -2.05. The third kappa shape index (κ3) is 3.09. The zero-order valence-electron chi connectivity index (χ0n) is 13.1. The minimum atomic E-state index is -3.27. The molecule has 0 saturated carbocycles. The van der Waals surface area contributed by atoms with Crippen LogP contribution in [0.15, 0.2) is 53.4 Å². The minimum absolute atomic E-state index is 0.231. The van der Waals surface area contributed by atoms with E-state index in [-0.39, 0.29) is 4.90 Å². The molecule has 2 aromatic carbocycles. The van der Waals surface area contributed by atoms with Crippen molar-refractivity contribution in [2.24, 2.45) is 0 Å². The van der Waals surface area contributed by atoms with Crippen LogP contribution in [0.3, 0.4) is 0 Å². The summed E-state index contributed by atoms with van der Waals surface area (Å²) in [6, 6.07) is 13.4. The van der Waals surface area contributed by atoms with Crippen LogP contribution in [0.2, 0.25) is 5.02 Å². The van der Waals surface area contributed by atoms with Gasteiger partial charge in [0.25, 0.3) is 0 Å². The molecule has 3 rings (SSSR count). The van der Waals surface area contributed by atoms with Crippen LogP contribution in [0.1, 0.15) is 18.1 Å². The number of benzene rings is 2. The summed E-state index contributed by atoms with van der Waals surface area (Å²) in [7, 11) is -3.27. The molecule has 2 aromatic rings. The molecule has 1 atom stereocenters. The van der Waals surface area contributed by atoms with Gasteiger partial charge in [0.05, 0.1) is 10.5 Å². The maximum atomic E-state index is 12.3. The molecule has 0 fully saturated rings. The molecule has 124 valence electrons. The first-order valence-electron chi connectivity index (χ1n) is 7.29. The molecular weight excluding hydrogens is 348 g/mol. The van der Waals surface area contributed by atoms with E-state index in [0.717, 1.165) is 17.4 Å². The third-order valence-electron chi connectivity index (χ3n) is 3.87. The fraction of sp³-hybridized carbons (Fsp3) is 0.167. The molecule has 0 spiro atoms.